The fourth-order valence-corrected chi connectivity index (χ4v) is 3.19. The highest BCUT2D eigenvalue weighted by Gasteiger charge is 2.36. The Kier molecular flexibility index (Phi) is 2.59. The van der Waals surface area contributed by atoms with Crippen LogP contribution in [0, 0.1) is 5.92 Å². The monoisotopic (exact) mass is 232 g/mol. The number of hydrogen-bond acceptors (Lipinski definition) is 3. The fourth-order valence-electron chi connectivity index (χ4n) is 3.19. The van der Waals surface area contributed by atoms with Crippen LogP contribution in [-0.4, -0.2) is 35.6 Å². The van der Waals surface area contributed by atoms with Gasteiger partial charge in [-0.25, -0.2) is 0 Å². The molecule has 2 saturated heterocycles. The Hall–Kier alpha value is -1.42. The van der Waals surface area contributed by atoms with Gasteiger partial charge in [-0.15, -0.1) is 0 Å². The summed E-state index contributed by atoms with van der Waals surface area (Å²) in [5, 5.41) is 3.48. The Morgan fingerprint density at radius 3 is 3.12 bits per heavy atom. The van der Waals surface area contributed by atoms with Crippen LogP contribution in [0.5, 0.6) is 0 Å². The third-order valence-corrected chi connectivity index (χ3v) is 4.17. The summed E-state index contributed by atoms with van der Waals surface area (Å²) in [4.78, 5) is 5.45. The van der Waals surface area contributed by atoms with Crippen molar-refractivity contribution in [3.63, 3.8) is 0 Å². The molecule has 0 saturated carbocycles. The molecule has 0 bridgehead atoms. The lowest BCUT2D eigenvalue weighted by atomic mass is 9.93. The predicted molar refractivity (Wildman–Crippen MR) is 70.3 cm³/mol. The van der Waals surface area contributed by atoms with Gasteiger partial charge in [0, 0.05) is 36.6 Å². The molecule has 92 valence electrons. The van der Waals surface area contributed by atoms with Crippen molar-refractivity contribution >= 4 is 11.5 Å². The van der Waals surface area contributed by atoms with Gasteiger partial charge < -0.3 is 20.9 Å². The minimum Gasteiger partial charge on any atom is -0.385 e. The van der Waals surface area contributed by atoms with Gasteiger partial charge in [-0.05, 0) is 31.4 Å². The van der Waals surface area contributed by atoms with E-state index in [9.17, 15) is 0 Å². The minimum absolute atomic E-state index is 0.602. The molecule has 0 radical (unpaired) electrons. The minimum atomic E-state index is 0.602. The molecule has 3 heterocycles. The highest BCUT2D eigenvalue weighted by atomic mass is 15.2. The first-order valence-corrected chi connectivity index (χ1v) is 6.37. The molecule has 2 unspecified atom stereocenters. The number of nitrogens with zero attached hydrogens (tertiary/aromatic N) is 1. The van der Waals surface area contributed by atoms with Gasteiger partial charge in [0.15, 0.2) is 0 Å². The number of rotatable bonds is 2. The quantitative estimate of drug-likeness (QED) is 0.719. The van der Waals surface area contributed by atoms with Gasteiger partial charge in [-0.2, -0.15) is 0 Å². The van der Waals surface area contributed by atoms with E-state index in [-0.39, 0.29) is 0 Å². The number of nitrogen functional groups attached to an aromatic ring is 1. The van der Waals surface area contributed by atoms with E-state index in [4.69, 9.17) is 5.73 Å². The number of piperidine rings is 1. The second-order valence-electron chi connectivity index (χ2n) is 5.05. The number of fused-ring (bicyclic) bond motifs is 1. The lowest BCUT2D eigenvalue weighted by Crippen LogP contribution is -2.44. The van der Waals surface area contributed by atoms with Gasteiger partial charge in [-0.1, -0.05) is 6.58 Å². The number of hydrogen-bond donors (Lipinski definition) is 3. The first-order valence-electron chi connectivity index (χ1n) is 6.37. The maximum atomic E-state index is 5.92. The molecule has 17 heavy (non-hydrogen) atoms. The summed E-state index contributed by atoms with van der Waals surface area (Å²) < 4.78 is 0. The fraction of sp³-hybridized carbons (Fsp3) is 0.538. The number of likely N-dealkylation sites (tertiary alicyclic amines) is 1. The Bertz CT molecular complexity index is 423. The topological polar surface area (TPSA) is 57.1 Å². The van der Waals surface area contributed by atoms with Crippen molar-refractivity contribution in [3.05, 3.63) is 24.4 Å². The van der Waals surface area contributed by atoms with Crippen molar-refractivity contribution in [2.24, 2.45) is 5.92 Å². The molecule has 3 rings (SSSR count). The summed E-state index contributed by atoms with van der Waals surface area (Å²) in [5.74, 6) is 1.55. The van der Waals surface area contributed by atoms with Gasteiger partial charge in [0.05, 0.1) is 0 Å². The van der Waals surface area contributed by atoms with Crippen molar-refractivity contribution in [1.29, 1.82) is 0 Å². The van der Waals surface area contributed by atoms with Gasteiger partial charge >= 0.3 is 0 Å². The summed E-state index contributed by atoms with van der Waals surface area (Å²) >= 11 is 0. The largest absolute Gasteiger partial charge is 0.385 e. The average molecular weight is 232 g/mol. The van der Waals surface area contributed by atoms with Crippen molar-refractivity contribution in [2.45, 2.75) is 18.9 Å². The normalized spacial score (nSPS) is 28.1. The molecule has 0 spiro atoms. The van der Waals surface area contributed by atoms with Crippen LogP contribution in [0.1, 0.15) is 18.4 Å². The van der Waals surface area contributed by atoms with Crippen LogP contribution >= 0.6 is 0 Å². The SMILES string of the molecule is C=C(c1cc[nH]c1N)N1CCC2CCNCC21. The van der Waals surface area contributed by atoms with E-state index in [1.165, 1.54) is 12.8 Å². The second kappa shape index (κ2) is 4.11. The van der Waals surface area contributed by atoms with E-state index in [0.29, 0.717) is 6.04 Å². The van der Waals surface area contributed by atoms with Crippen LogP contribution in [0.25, 0.3) is 5.70 Å². The summed E-state index contributed by atoms with van der Waals surface area (Å²) in [6.07, 6.45) is 4.45. The number of nitrogens with two attached hydrogens (primary N) is 1. The smallest absolute Gasteiger partial charge is 0.110 e. The molecule has 1 aromatic rings. The second-order valence-corrected chi connectivity index (χ2v) is 5.05. The van der Waals surface area contributed by atoms with Crippen molar-refractivity contribution in [2.75, 3.05) is 25.4 Å². The molecule has 2 aliphatic rings. The zero-order valence-electron chi connectivity index (χ0n) is 10.1. The highest BCUT2D eigenvalue weighted by Crippen LogP contribution is 2.35. The Labute approximate surface area is 102 Å². The molecule has 4 N–H and O–H groups in total. The number of aromatic amines is 1. The van der Waals surface area contributed by atoms with Crippen LogP contribution in [-0.2, 0) is 0 Å². The average Bonchev–Trinajstić information content (AvgIpc) is 2.94. The maximum Gasteiger partial charge on any atom is 0.110 e. The highest BCUT2D eigenvalue weighted by molar-refractivity contribution is 5.71. The van der Waals surface area contributed by atoms with Crippen molar-refractivity contribution in [1.82, 2.24) is 15.2 Å². The molecule has 2 fully saturated rings. The molecule has 0 amide bonds. The van der Waals surface area contributed by atoms with Crippen LogP contribution in [0.15, 0.2) is 18.8 Å². The van der Waals surface area contributed by atoms with E-state index < -0.39 is 0 Å². The van der Waals surface area contributed by atoms with Gasteiger partial charge in [0.25, 0.3) is 0 Å². The molecular formula is C13H20N4. The van der Waals surface area contributed by atoms with Crippen LogP contribution < -0.4 is 11.1 Å². The number of H-pyrrole nitrogens is 1. The molecule has 0 aliphatic carbocycles. The maximum absolute atomic E-state index is 5.92. The van der Waals surface area contributed by atoms with Gasteiger partial charge in [0.1, 0.15) is 5.82 Å². The first kappa shape index (κ1) is 10.7. The van der Waals surface area contributed by atoms with E-state index >= 15 is 0 Å². The lowest BCUT2D eigenvalue weighted by Gasteiger charge is -2.34. The van der Waals surface area contributed by atoms with E-state index in [2.05, 4.69) is 21.8 Å². The summed E-state index contributed by atoms with van der Waals surface area (Å²) in [6, 6.07) is 2.62. The number of aromatic nitrogens is 1. The Morgan fingerprint density at radius 2 is 2.35 bits per heavy atom. The third-order valence-electron chi connectivity index (χ3n) is 4.17. The molecular weight excluding hydrogens is 212 g/mol. The first-order chi connectivity index (χ1) is 8.27. The Balaban J connectivity index is 1.81. The molecule has 2 aliphatic heterocycles. The van der Waals surface area contributed by atoms with Crippen LogP contribution in [0.2, 0.25) is 0 Å². The lowest BCUT2D eigenvalue weighted by molar-refractivity contribution is 0.260. The number of anilines is 1. The zero-order valence-corrected chi connectivity index (χ0v) is 10.1. The standard InChI is InChI=1S/C13H20N4/c1-9(11-3-6-16-13(11)14)17-7-4-10-2-5-15-8-12(10)17/h3,6,10,12,15-16H,1-2,4-5,7-8,14H2. The van der Waals surface area contributed by atoms with Crippen LogP contribution in [0.3, 0.4) is 0 Å². The summed E-state index contributed by atoms with van der Waals surface area (Å²) in [6.45, 7) is 7.58. The van der Waals surface area contributed by atoms with E-state index in [1.807, 2.05) is 12.3 Å². The Morgan fingerprint density at radius 1 is 1.47 bits per heavy atom. The number of nitrogens with one attached hydrogen (secondary N) is 2. The molecule has 2 atom stereocenters. The third kappa shape index (κ3) is 1.72. The molecule has 0 aromatic carbocycles. The molecule has 1 aromatic heterocycles. The van der Waals surface area contributed by atoms with E-state index in [0.717, 1.165) is 42.6 Å². The van der Waals surface area contributed by atoms with Crippen molar-refractivity contribution in [3.8, 4) is 0 Å². The predicted octanol–water partition coefficient (Wildman–Crippen LogP) is 1.25. The molecule has 4 heteroatoms. The van der Waals surface area contributed by atoms with Crippen molar-refractivity contribution < 1.29 is 0 Å². The van der Waals surface area contributed by atoms with Gasteiger partial charge in [0.2, 0.25) is 0 Å². The zero-order chi connectivity index (χ0) is 11.8. The van der Waals surface area contributed by atoms with Gasteiger partial charge in [-0.3, -0.25) is 0 Å². The molecule has 4 nitrogen and oxygen atoms in total. The van der Waals surface area contributed by atoms with Crippen LogP contribution in [0.4, 0.5) is 5.82 Å². The van der Waals surface area contributed by atoms with E-state index in [1.54, 1.807) is 0 Å². The summed E-state index contributed by atoms with van der Waals surface area (Å²) in [7, 11) is 0. The summed E-state index contributed by atoms with van der Waals surface area (Å²) in [5.41, 5.74) is 8.04.